The van der Waals surface area contributed by atoms with Gasteiger partial charge in [0.15, 0.2) is 0 Å². The van der Waals surface area contributed by atoms with Crippen LogP contribution in [0.3, 0.4) is 0 Å². The Bertz CT molecular complexity index is 1150. The van der Waals surface area contributed by atoms with Crippen molar-refractivity contribution >= 4 is 35.2 Å². The summed E-state index contributed by atoms with van der Waals surface area (Å²) in [5.41, 5.74) is 2.83. The summed E-state index contributed by atoms with van der Waals surface area (Å²) in [6.45, 7) is 8.25. The Morgan fingerprint density at radius 1 is 1.17 bits per heavy atom. The van der Waals surface area contributed by atoms with Gasteiger partial charge < -0.3 is 19.6 Å². The van der Waals surface area contributed by atoms with Crippen molar-refractivity contribution in [3.63, 3.8) is 0 Å². The van der Waals surface area contributed by atoms with Crippen molar-refractivity contribution in [3.8, 4) is 0 Å². The van der Waals surface area contributed by atoms with Crippen molar-refractivity contribution in [1.82, 2.24) is 4.90 Å². The molecule has 5 rings (SSSR count). The van der Waals surface area contributed by atoms with Crippen LogP contribution in [0.25, 0.3) is 0 Å². The van der Waals surface area contributed by atoms with E-state index in [1.807, 2.05) is 70.2 Å². The number of aliphatic hydroxyl groups excluding tert-OH is 1. The van der Waals surface area contributed by atoms with Crippen LogP contribution in [0.1, 0.15) is 31.4 Å². The van der Waals surface area contributed by atoms with Gasteiger partial charge in [0.05, 0.1) is 35.8 Å². The van der Waals surface area contributed by atoms with Crippen molar-refractivity contribution in [3.05, 3.63) is 53.6 Å². The summed E-state index contributed by atoms with van der Waals surface area (Å²) in [5, 5.41) is 10.1. The molecule has 2 saturated heterocycles. The fraction of sp³-hybridized carbons (Fsp3) is 0.536. The molecule has 1 unspecified atom stereocenters. The van der Waals surface area contributed by atoms with Crippen LogP contribution in [0, 0.1) is 31.6 Å². The lowest BCUT2D eigenvalue weighted by Gasteiger charge is -2.40. The predicted octanol–water partition coefficient (Wildman–Crippen LogP) is 3.02. The number of ether oxygens (including phenoxy) is 1. The first kappa shape index (κ1) is 25.1. The van der Waals surface area contributed by atoms with Gasteiger partial charge in [-0.15, -0.1) is 11.8 Å². The standard InChI is InChI=1S/C28H34N2O5S/c1-16(2)20(15-31)30-24-26(33)29(19-14-17(3)9-10-18(19)4)12-7-11-28(24)23(25(30)32)22-21(36-28)8-5-6-13-35-27(22)34/h5,7-11,14,16,20-24,31H,6,12-13,15H2,1-4H3/t20-,21-,22+,23-,24?,28-/m0/s1. The number of hydrogen-bond donors (Lipinski definition) is 1. The summed E-state index contributed by atoms with van der Waals surface area (Å²) >= 11 is 1.53. The molecule has 8 heteroatoms. The summed E-state index contributed by atoms with van der Waals surface area (Å²) in [6.07, 6.45) is 8.60. The molecule has 1 N–H and O–H groups in total. The largest absolute Gasteiger partial charge is 0.465 e. The second kappa shape index (κ2) is 9.38. The zero-order chi connectivity index (χ0) is 25.8. The van der Waals surface area contributed by atoms with E-state index < -0.39 is 28.7 Å². The Hall–Kier alpha value is -2.58. The number of carbonyl (C=O) groups is 3. The molecule has 0 aliphatic carbocycles. The van der Waals surface area contributed by atoms with Gasteiger partial charge in [-0.25, -0.2) is 0 Å². The van der Waals surface area contributed by atoms with Crippen LogP contribution < -0.4 is 4.90 Å². The zero-order valence-electron chi connectivity index (χ0n) is 21.2. The van der Waals surface area contributed by atoms with E-state index in [9.17, 15) is 19.5 Å². The van der Waals surface area contributed by atoms with Crippen LogP contribution in [-0.4, -0.2) is 69.6 Å². The average Bonchev–Trinajstić information content (AvgIpc) is 3.20. The van der Waals surface area contributed by atoms with Gasteiger partial charge in [0.25, 0.3) is 5.91 Å². The number of amides is 2. The summed E-state index contributed by atoms with van der Waals surface area (Å²) in [5.74, 6) is -2.30. The number of aliphatic hydroxyl groups is 1. The quantitative estimate of drug-likeness (QED) is 0.495. The number of esters is 1. The molecule has 1 aromatic carbocycles. The van der Waals surface area contributed by atoms with Gasteiger partial charge in [-0.05, 0) is 43.4 Å². The fourth-order valence-corrected chi connectivity index (χ4v) is 8.24. The van der Waals surface area contributed by atoms with E-state index in [1.165, 1.54) is 11.8 Å². The Kier molecular flexibility index (Phi) is 6.53. The maximum Gasteiger partial charge on any atom is 0.311 e. The molecule has 0 bridgehead atoms. The number of fused-ring (bicyclic) bond motifs is 2. The molecule has 192 valence electrons. The molecule has 6 atom stereocenters. The number of nitrogens with zero attached hydrogens (tertiary/aromatic N) is 2. The molecule has 1 aromatic rings. The van der Waals surface area contributed by atoms with Gasteiger partial charge in [0.1, 0.15) is 6.04 Å². The van der Waals surface area contributed by atoms with Crippen LogP contribution in [0.4, 0.5) is 5.69 Å². The highest BCUT2D eigenvalue weighted by Gasteiger charge is 2.72. The first-order valence-electron chi connectivity index (χ1n) is 12.7. The SMILES string of the molecule is Cc1ccc(C)c(N2CC=C[C@]34S[C@H]5C=CCCOC(=O)[C@H]5[C@H]3C(=O)N([C@@H](CO)C(C)C)C4C2=O)c1. The van der Waals surface area contributed by atoms with Crippen LogP contribution in [0.5, 0.6) is 0 Å². The van der Waals surface area contributed by atoms with E-state index in [-0.39, 0.29) is 42.2 Å². The number of likely N-dealkylation sites (tertiary alicyclic amines) is 1. The van der Waals surface area contributed by atoms with E-state index in [4.69, 9.17) is 4.74 Å². The van der Waals surface area contributed by atoms with Crippen LogP contribution in [0.2, 0.25) is 0 Å². The molecule has 1 spiro atoms. The van der Waals surface area contributed by atoms with Crippen molar-refractivity contribution in [2.24, 2.45) is 17.8 Å². The van der Waals surface area contributed by atoms with Gasteiger partial charge in [0.2, 0.25) is 5.91 Å². The number of cyclic esters (lactones) is 1. The van der Waals surface area contributed by atoms with Crippen LogP contribution in [-0.2, 0) is 19.1 Å². The molecule has 2 fully saturated rings. The number of benzene rings is 1. The second-order valence-corrected chi connectivity index (χ2v) is 12.1. The van der Waals surface area contributed by atoms with Gasteiger partial charge in [-0.3, -0.25) is 14.4 Å². The summed E-state index contributed by atoms with van der Waals surface area (Å²) in [6, 6.07) is 4.63. The first-order valence-corrected chi connectivity index (χ1v) is 13.6. The third kappa shape index (κ3) is 3.72. The van der Waals surface area contributed by atoms with Gasteiger partial charge in [0, 0.05) is 17.5 Å². The number of rotatable bonds is 4. The molecular formula is C28H34N2O5S. The molecule has 36 heavy (non-hydrogen) atoms. The smallest absolute Gasteiger partial charge is 0.311 e. The Morgan fingerprint density at radius 3 is 2.67 bits per heavy atom. The normalized spacial score (nSPS) is 32.6. The van der Waals surface area contributed by atoms with Crippen molar-refractivity contribution < 1.29 is 24.2 Å². The summed E-state index contributed by atoms with van der Waals surface area (Å²) in [7, 11) is 0. The third-order valence-electron chi connectivity index (χ3n) is 8.03. The third-order valence-corrected chi connectivity index (χ3v) is 9.77. The lowest BCUT2D eigenvalue weighted by molar-refractivity contribution is -0.153. The first-order chi connectivity index (χ1) is 17.2. The van der Waals surface area contributed by atoms with Crippen molar-refractivity contribution in [1.29, 1.82) is 0 Å². The fourth-order valence-electron chi connectivity index (χ4n) is 6.25. The molecule has 4 aliphatic rings. The van der Waals surface area contributed by atoms with Crippen molar-refractivity contribution in [2.45, 2.75) is 56.2 Å². The number of carbonyl (C=O) groups excluding carboxylic acids is 3. The molecule has 0 radical (unpaired) electrons. The Labute approximate surface area is 216 Å². The summed E-state index contributed by atoms with van der Waals surface area (Å²) in [4.78, 5) is 45.3. The van der Waals surface area contributed by atoms with E-state index in [0.717, 1.165) is 16.8 Å². The van der Waals surface area contributed by atoms with Gasteiger partial charge in [-0.2, -0.15) is 0 Å². The molecular weight excluding hydrogens is 476 g/mol. The minimum absolute atomic E-state index is 0.0750. The Morgan fingerprint density at radius 2 is 1.94 bits per heavy atom. The second-order valence-electron chi connectivity index (χ2n) is 10.6. The number of hydrogen-bond acceptors (Lipinski definition) is 6. The highest BCUT2D eigenvalue weighted by atomic mass is 32.2. The average molecular weight is 511 g/mol. The number of anilines is 1. The van der Waals surface area contributed by atoms with Gasteiger partial charge >= 0.3 is 5.97 Å². The van der Waals surface area contributed by atoms with E-state index in [2.05, 4.69) is 0 Å². The minimum Gasteiger partial charge on any atom is -0.465 e. The lowest BCUT2D eigenvalue weighted by atomic mass is 9.78. The molecule has 4 heterocycles. The van der Waals surface area contributed by atoms with Crippen LogP contribution in [0.15, 0.2) is 42.5 Å². The van der Waals surface area contributed by atoms with Crippen LogP contribution >= 0.6 is 11.8 Å². The van der Waals surface area contributed by atoms with E-state index in [1.54, 1.807) is 9.80 Å². The number of aryl methyl sites for hydroxylation is 2. The molecule has 2 amide bonds. The Balaban J connectivity index is 1.68. The minimum atomic E-state index is -0.925. The maximum atomic E-state index is 14.5. The molecule has 0 aromatic heterocycles. The lowest BCUT2D eigenvalue weighted by Crippen LogP contribution is -2.57. The maximum absolute atomic E-state index is 14.5. The molecule has 4 aliphatic heterocycles. The van der Waals surface area contributed by atoms with Crippen molar-refractivity contribution in [2.75, 3.05) is 24.7 Å². The summed E-state index contributed by atoms with van der Waals surface area (Å²) < 4.78 is 4.61. The highest BCUT2D eigenvalue weighted by Crippen LogP contribution is 2.61. The van der Waals surface area contributed by atoms with Gasteiger partial charge in [-0.1, -0.05) is 50.3 Å². The molecule has 7 nitrogen and oxygen atoms in total. The topological polar surface area (TPSA) is 87.2 Å². The van der Waals surface area contributed by atoms with E-state index >= 15 is 0 Å². The molecule has 0 saturated carbocycles. The zero-order valence-corrected chi connectivity index (χ0v) is 22.0. The highest BCUT2D eigenvalue weighted by molar-refractivity contribution is 8.02. The van der Waals surface area contributed by atoms with E-state index in [0.29, 0.717) is 13.0 Å². The monoisotopic (exact) mass is 510 g/mol. The predicted molar refractivity (Wildman–Crippen MR) is 140 cm³/mol. The number of thioether (sulfide) groups is 1.